The predicted molar refractivity (Wildman–Crippen MR) is 106 cm³/mol. The number of ether oxygens (including phenoxy) is 1. The number of nitrogens with one attached hydrogen (secondary N) is 2. The largest absolute Gasteiger partial charge is 0.573 e. The lowest BCUT2D eigenvalue weighted by Gasteiger charge is -2.14. The van der Waals surface area contributed by atoms with E-state index in [-0.39, 0.29) is 11.7 Å². The molecule has 0 bridgehead atoms. The Morgan fingerprint density at radius 1 is 1.04 bits per heavy atom. The summed E-state index contributed by atoms with van der Waals surface area (Å²) in [5.41, 5.74) is 2.07. The first-order chi connectivity index (χ1) is 13.3. The van der Waals surface area contributed by atoms with Crippen LogP contribution in [0.4, 0.5) is 18.9 Å². The number of amides is 1. The molecule has 1 amide bonds. The highest BCUT2D eigenvalue weighted by Gasteiger charge is 2.30. The van der Waals surface area contributed by atoms with E-state index in [9.17, 15) is 18.0 Å². The molecule has 0 saturated carbocycles. The maximum absolute atomic E-state index is 11.7. The second kappa shape index (κ2) is 10.8. The number of para-hydroxylation sites is 1. The van der Waals surface area contributed by atoms with E-state index in [2.05, 4.69) is 28.0 Å². The Balaban J connectivity index is 0.000000209. The van der Waals surface area contributed by atoms with Crippen molar-refractivity contribution in [3.63, 3.8) is 0 Å². The molecule has 1 heterocycles. The molecule has 0 atom stereocenters. The number of carbonyl (C=O) groups excluding carboxylic acids is 1. The second-order valence-corrected chi connectivity index (χ2v) is 6.47. The molecule has 1 aliphatic rings. The fraction of sp³-hybridized carbons (Fsp3) is 0.250. The maximum atomic E-state index is 11.7. The van der Waals surface area contributed by atoms with Gasteiger partial charge in [0.15, 0.2) is 0 Å². The molecule has 0 radical (unpaired) electrons. The van der Waals surface area contributed by atoms with Gasteiger partial charge in [-0.15, -0.1) is 25.8 Å². The molecule has 3 rings (SSSR count). The third-order valence-electron chi connectivity index (χ3n) is 3.69. The molecule has 0 aliphatic carbocycles. The highest BCUT2D eigenvalue weighted by Crippen LogP contribution is 2.23. The zero-order valence-corrected chi connectivity index (χ0v) is 15.9. The van der Waals surface area contributed by atoms with Crippen molar-refractivity contribution in [2.75, 3.05) is 18.4 Å². The number of alkyl halides is 3. The van der Waals surface area contributed by atoms with E-state index in [4.69, 9.17) is 0 Å². The van der Waals surface area contributed by atoms with E-state index in [1.807, 2.05) is 30.3 Å². The Bertz CT molecular complexity index is 770. The zero-order chi connectivity index (χ0) is 20.4. The fourth-order valence-electron chi connectivity index (χ4n) is 2.43. The van der Waals surface area contributed by atoms with Crippen LogP contribution in [0, 0.1) is 0 Å². The van der Waals surface area contributed by atoms with Crippen molar-refractivity contribution >= 4 is 24.2 Å². The van der Waals surface area contributed by atoms with Crippen LogP contribution < -0.4 is 15.4 Å². The Morgan fingerprint density at radius 2 is 1.64 bits per heavy atom. The van der Waals surface area contributed by atoms with Gasteiger partial charge in [0.25, 0.3) is 0 Å². The average molecular weight is 410 g/mol. The van der Waals surface area contributed by atoms with Gasteiger partial charge in [-0.25, -0.2) is 0 Å². The molecule has 28 heavy (non-hydrogen) atoms. The van der Waals surface area contributed by atoms with Gasteiger partial charge in [0.05, 0.1) is 0 Å². The first kappa shape index (κ1) is 21.8. The van der Waals surface area contributed by atoms with Crippen molar-refractivity contribution < 1.29 is 22.7 Å². The molecule has 2 aromatic carbocycles. The van der Waals surface area contributed by atoms with Crippen molar-refractivity contribution in [1.82, 2.24) is 5.32 Å². The topological polar surface area (TPSA) is 50.4 Å². The first-order valence-electron chi connectivity index (χ1n) is 8.63. The Labute approximate surface area is 167 Å². The standard InChI is InChI=1S/C13H16N2O.C7H5F3OS/c16-13(10-11-6-8-14-9-7-11)15-12-4-2-1-3-5-12;8-7(9,10)11-5-1-3-6(12)4-2-5/h1-5,10,14H,6-9H2,(H,15,16);1-4,12H. The summed E-state index contributed by atoms with van der Waals surface area (Å²) in [4.78, 5) is 12.3. The molecule has 1 fully saturated rings. The van der Waals surface area contributed by atoms with E-state index in [0.717, 1.165) is 31.6 Å². The Hall–Kier alpha value is -2.45. The quantitative estimate of drug-likeness (QED) is 0.503. The number of halogens is 3. The highest BCUT2D eigenvalue weighted by atomic mass is 32.1. The van der Waals surface area contributed by atoms with Crippen LogP contribution in [0.1, 0.15) is 12.8 Å². The van der Waals surface area contributed by atoms with Crippen LogP contribution in [-0.2, 0) is 4.79 Å². The number of hydrogen-bond acceptors (Lipinski definition) is 4. The van der Waals surface area contributed by atoms with Gasteiger partial charge in [-0.1, -0.05) is 23.8 Å². The van der Waals surface area contributed by atoms with E-state index in [0.29, 0.717) is 4.90 Å². The molecular formula is C20H21F3N2O2S. The first-order valence-corrected chi connectivity index (χ1v) is 9.07. The minimum absolute atomic E-state index is 0.0249. The molecular weight excluding hydrogens is 389 g/mol. The van der Waals surface area contributed by atoms with Crippen LogP contribution in [0.25, 0.3) is 0 Å². The Morgan fingerprint density at radius 3 is 2.21 bits per heavy atom. The van der Waals surface area contributed by atoms with Gasteiger partial charge in [-0.2, -0.15) is 0 Å². The molecule has 1 saturated heterocycles. The molecule has 0 spiro atoms. The van der Waals surface area contributed by atoms with Gasteiger partial charge < -0.3 is 15.4 Å². The minimum Gasteiger partial charge on any atom is -0.406 e. The highest BCUT2D eigenvalue weighted by molar-refractivity contribution is 7.80. The summed E-state index contributed by atoms with van der Waals surface area (Å²) in [7, 11) is 0. The third-order valence-corrected chi connectivity index (χ3v) is 3.99. The van der Waals surface area contributed by atoms with Gasteiger partial charge in [-0.05, 0) is 62.3 Å². The number of anilines is 1. The van der Waals surface area contributed by atoms with Crippen LogP contribution in [0.2, 0.25) is 0 Å². The fourth-order valence-corrected chi connectivity index (χ4v) is 2.57. The van der Waals surface area contributed by atoms with Gasteiger partial charge in [0, 0.05) is 16.7 Å². The molecule has 4 nitrogen and oxygen atoms in total. The molecule has 1 aliphatic heterocycles. The van der Waals surface area contributed by atoms with E-state index >= 15 is 0 Å². The number of piperidine rings is 1. The summed E-state index contributed by atoms with van der Waals surface area (Å²) in [6, 6.07) is 14.8. The number of thiol groups is 1. The maximum Gasteiger partial charge on any atom is 0.573 e. The van der Waals surface area contributed by atoms with Gasteiger partial charge >= 0.3 is 6.36 Å². The van der Waals surface area contributed by atoms with Crippen LogP contribution in [-0.4, -0.2) is 25.4 Å². The lowest BCUT2D eigenvalue weighted by Crippen LogP contribution is -2.24. The Kier molecular flexibility index (Phi) is 8.41. The van der Waals surface area contributed by atoms with Crippen molar-refractivity contribution in [2.24, 2.45) is 0 Å². The molecule has 0 aromatic heterocycles. The lowest BCUT2D eigenvalue weighted by atomic mass is 10.1. The summed E-state index contributed by atoms with van der Waals surface area (Å²) in [5.74, 6) is -0.261. The molecule has 2 N–H and O–H groups in total. The van der Waals surface area contributed by atoms with Gasteiger partial charge in [0.1, 0.15) is 5.75 Å². The van der Waals surface area contributed by atoms with E-state index < -0.39 is 6.36 Å². The van der Waals surface area contributed by atoms with Crippen LogP contribution >= 0.6 is 12.6 Å². The monoisotopic (exact) mass is 410 g/mol. The minimum atomic E-state index is -4.63. The van der Waals surface area contributed by atoms with Crippen molar-refractivity contribution in [2.45, 2.75) is 24.1 Å². The summed E-state index contributed by atoms with van der Waals surface area (Å²) < 4.78 is 38.4. The number of benzene rings is 2. The smallest absolute Gasteiger partial charge is 0.406 e. The molecule has 0 unspecified atom stereocenters. The number of carbonyl (C=O) groups is 1. The normalized spacial score (nSPS) is 13.8. The van der Waals surface area contributed by atoms with Gasteiger partial charge in [-0.3, -0.25) is 4.79 Å². The number of rotatable bonds is 3. The molecule has 150 valence electrons. The molecule has 2 aromatic rings. The second-order valence-electron chi connectivity index (χ2n) is 5.95. The summed E-state index contributed by atoms with van der Waals surface area (Å²) in [6.45, 7) is 1.95. The third kappa shape index (κ3) is 8.96. The number of hydrogen-bond donors (Lipinski definition) is 3. The van der Waals surface area contributed by atoms with E-state index in [1.165, 1.54) is 29.8 Å². The van der Waals surface area contributed by atoms with Crippen LogP contribution in [0.5, 0.6) is 5.75 Å². The van der Waals surface area contributed by atoms with Crippen molar-refractivity contribution in [3.05, 3.63) is 66.2 Å². The summed E-state index contributed by atoms with van der Waals surface area (Å²) in [6.07, 6.45) is -0.948. The van der Waals surface area contributed by atoms with Crippen LogP contribution in [0.3, 0.4) is 0 Å². The average Bonchev–Trinajstić information content (AvgIpc) is 2.65. The lowest BCUT2D eigenvalue weighted by molar-refractivity contribution is -0.274. The van der Waals surface area contributed by atoms with Crippen molar-refractivity contribution in [3.8, 4) is 5.75 Å². The van der Waals surface area contributed by atoms with Crippen LogP contribution in [0.15, 0.2) is 71.1 Å². The SMILES string of the molecule is FC(F)(F)Oc1ccc(S)cc1.O=C(C=C1CCNCC1)Nc1ccccc1. The molecule has 8 heteroatoms. The van der Waals surface area contributed by atoms with Gasteiger partial charge in [0.2, 0.25) is 5.91 Å². The van der Waals surface area contributed by atoms with Crippen molar-refractivity contribution in [1.29, 1.82) is 0 Å². The summed E-state index contributed by atoms with van der Waals surface area (Å²) >= 11 is 3.91. The van der Waals surface area contributed by atoms with E-state index in [1.54, 1.807) is 6.08 Å². The summed E-state index contributed by atoms with van der Waals surface area (Å²) in [5, 5.41) is 6.12. The predicted octanol–water partition coefficient (Wildman–Crippen LogP) is 4.81. The zero-order valence-electron chi connectivity index (χ0n) is 15.0.